The van der Waals surface area contributed by atoms with Gasteiger partial charge in [0.25, 0.3) is 0 Å². The zero-order chi connectivity index (χ0) is 22.9. The van der Waals surface area contributed by atoms with Gasteiger partial charge in [-0.3, -0.25) is 4.98 Å². The lowest BCUT2D eigenvalue weighted by Crippen LogP contribution is -2.04. The van der Waals surface area contributed by atoms with E-state index in [9.17, 15) is 0 Å². The van der Waals surface area contributed by atoms with Crippen LogP contribution in [0.15, 0.2) is 67.0 Å². The Kier molecular flexibility index (Phi) is 7.79. The van der Waals surface area contributed by atoms with Gasteiger partial charge in [0.1, 0.15) is 5.75 Å². The molecule has 4 rings (SSSR count). The van der Waals surface area contributed by atoms with E-state index in [0.29, 0.717) is 19.8 Å². The quantitative estimate of drug-likeness (QED) is 0.262. The highest BCUT2D eigenvalue weighted by Gasteiger charge is 2.05. The van der Waals surface area contributed by atoms with Crippen LogP contribution in [-0.4, -0.2) is 43.9 Å². The fraction of sp³-hybridized carbons (Fsp3) is 0.269. The standard InChI is InChI=1S/C26H30N4O3/c1-31-13-14-33-18-23-15-22(10-12-28-23)30-21-5-3-20(4-6-21)27-11-9-19-17-29-26-16-24(32-2)7-8-25(19)26/h3-8,10,12,15-17,27,29H,9,11,13-14,18H2,1-2H3,(H,28,30). The maximum absolute atomic E-state index is 5.55. The first-order chi connectivity index (χ1) is 16.2. The van der Waals surface area contributed by atoms with Crippen LogP contribution in [0.1, 0.15) is 11.3 Å². The van der Waals surface area contributed by atoms with Crippen LogP contribution in [0.2, 0.25) is 0 Å². The molecule has 0 saturated heterocycles. The van der Waals surface area contributed by atoms with Gasteiger partial charge in [-0.2, -0.15) is 0 Å². The van der Waals surface area contributed by atoms with Gasteiger partial charge in [-0.1, -0.05) is 0 Å². The van der Waals surface area contributed by atoms with Crippen LogP contribution in [0.4, 0.5) is 17.1 Å². The summed E-state index contributed by atoms with van der Waals surface area (Å²) < 4.78 is 15.8. The van der Waals surface area contributed by atoms with Crippen molar-refractivity contribution < 1.29 is 14.2 Å². The average molecular weight is 447 g/mol. The number of aromatic amines is 1. The van der Waals surface area contributed by atoms with E-state index >= 15 is 0 Å². The van der Waals surface area contributed by atoms with Gasteiger partial charge in [0.05, 0.1) is 32.6 Å². The third kappa shape index (κ3) is 6.25. The van der Waals surface area contributed by atoms with Crippen molar-refractivity contribution in [3.8, 4) is 5.75 Å². The molecule has 0 bridgehead atoms. The molecule has 0 radical (unpaired) electrons. The smallest absolute Gasteiger partial charge is 0.120 e. The number of H-pyrrole nitrogens is 1. The van der Waals surface area contributed by atoms with Crippen molar-refractivity contribution in [1.82, 2.24) is 9.97 Å². The molecule has 0 amide bonds. The monoisotopic (exact) mass is 446 g/mol. The molecule has 33 heavy (non-hydrogen) atoms. The summed E-state index contributed by atoms with van der Waals surface area (Å²) in [5.74, 6) is 0.862. The van der Waals surface area contributed by atoms with Crippen molar-refractivity contribution in [3.63, 3.8) is 0 Å². The van der Waals surface area contributed by atoms with Crippen molar-refractivity contribution in [2.24, 2.45) is 0 Å². The molecule has 0 fully saturated rings. The highest BCUT2D eigenvalue weighted by Crippen LogP contribution is 2.24. The van der Waals surface area contributed by atoms with Crippen molar-refractivity contribution in [3.05, 3.63) is 78.2 Å². The van der Waals surface area contributed by atoms with Gasteiger partial charge in [0.15, 0.2) is 0 Å². The molecule has 0 atom stereocenters. The first kappa shape index (κ1) is 22.6. The number of nitrogens with zero attached hydrogens (tertiary/aromatic N) is 1. The number of anilines is 3. The molecular weight excluding hydrogens is 416 g/mol. The Morgan fingerprint density at radius 3 is 2.58 bits per heavy atom. The van der Waals surface area contributed by atoms with Crippen LogP contribution in [-0.2, 0) is 22.5 Å². The van der Waals surface area contributed by atoms with Crippen molar-refractivity contribution in [1.29, 1.82) is 0 Å². The van der Waals surface area contributed by atoms with Crippen molar-refractivity contribution >= 4 is 28.0 Å². The summed E-state index contributed by atoms with van der Waals surface area (Å²) in [6.45, 7) is 2.45. The lowest BCUT2D eigenvalue weighted by Gasteiger charge is -2.10. The number of methoxy groups -OCH3 is 2. The second-order valence-electron chi connectivity index (χ2n) is 7.69. The number of aromatic nitrogens is 2. The van der Waals surface area contributed by atoms with E-state index in [-0.39, 0.29) is 0 Å². The minimum atomic E-state index is 0.464. The molecule has 0 unspecified atom stereocenters. The van der Waals surface area contributed by atoms with Gasteiger partial charge in [-0.25, -0.2) is 0 Å². The van der Waals surface area contributed by atoms with Crippen LogP contribution < -0.4 is 15.4 Å². The van der Waals surface area contributed by atoms with E-state index in [1.54, 1.807) is 20.4 Å². The van der Waals surface area contributed by atoms with Crippen LogP contribution >= 0.6 is 0 Å². The highest BCUT2D eigenvalue weighted by atomic mass is 16.5. The molecule has 4 aromatic rings. The van der Waals surface area contributed by atoms with Crippen molar-refractivity contribution in [2.45, 2.75) is 13.0 Å². The molecular formula is C26H30N4O3. The second kappa shape index (κ2) is 11.4. The Labute approximate surface area is 194 Å². The van der Waals surface area contributed by atoms with E-state index in [1.807, 2.05) is 24.3 Å². The Balaban J connectivity index is 1.27. The number of hydrogen-bond acceptors (Lipinski definition) is 6. The number of fused-ring (bicyclic) bond motifs is 1. The van der Waals surface area contributed by atoms with Crippen LogP contribution in [0, 0.1) is 0 Å². The Morgan fingerprint density at radius 1 is 0.909 bits per heavy atom. The summed E-state index contributed by atoms with van der Waals surface area (Å²) in [5, 5.41) is 8.15. The van der Waals surface area contributed by atoms with Crippen molar-refractivity contribution in [2.75, 3.05) is 44.6 Å². The van der Waals surface area contributed by atoms with Gasteiger partial charge in [-0.15, -0.1) is 0 Å². The fourth-order valence-electron chi connectivity index (χ4n) is 3.63. The van der Waals surface area contributed by atoms with Gasteiger partial charge < -0.3 is 29.8 Å². The normalized spacial score (nSPS) is 11.0. The summed E-state index contributed by atoms with van der Waals surface area (Å²) in [6.07, 6.45) is 4.79. The molecule has 0 spiro atoms. The van der Waals surface area contributed by atoms with Crippen LogP contribution in [0.3, 0.4) is 0 Å². The topological polar surface area (TPSA) is 80.4 Å². The first-order valence-electron chi connectivity index (χ1n) is 11.0. The Morgan fingerprint density at radius 2 is 1.76 bits per heavy atom. The van der Waals surface area contributed by atoms with E-state index < -0.39 is 0 Å². The maximum Gasteiger partial charge on any atom is 0.120 e. The lowest BCUT2D eigenvalue weighted by molar-refractivity contribution is 0.0602. The minimum Gasteiger partial charge on any atom is -0.497 e. The molecule has 3 N–H and O–H groups in total. The average Bonchev–Trinajstić information content (AvgIpc) is 3.25. The van der Waals surface area contributed by atoms with E-state index in [1.165, 1.54) is 10.9 Å². The first-order valence-corrected chi connectivity index (χ1v) is 11.0. The second-order valence-corrected chi connectivity index (χ2v) is 7.69. The van der Waals surface area contributed by atoms with E-state index in [0.717, 1.165) is 47.0 Å². The Hall–Kier alpha value is -3.55. The zero-order valence-corrected chi connectivity index (χ0v) is 19.1. The summed E-state index contributed by atoms with van der Waals surface area (Å²) in [4.78, 5) is 7.68. The van der Waals surface area contributed by atoms with Crippen LogP contribution in [0.25, 0.3) is 10.9 Å². The third-order valence-corrected chi connectivity index (χ3v) is 5.37. The largest absolute Gasteiger partial charge is 0.497 e. The third-order valence-electron chi connectivity index (χ3n) is 5.37. The van der Waals surface area contributed by atoms with E-state index in [2.05, 4.69) is 57.1 Å². The molecule has 2 heterocycles. The van der Waals surface area contributed by atoms with Gasteiger partial charge in [0.2, 0.25) is 0 Å². The zero-order valence-electron chi connectivity index (χ0n) is 19.1. The number of pyridine rings is 1. The molecule has 2 aromatic heterocycles. The predicted octanol–water partition coefficient (Wildman–Crippen LogP) is 5.13. The molecule has 172 valence electrons. The number of benzene rings is 2. The molecule has 0 aliphatic heterocycles. The fourth-order valence-corrected chi connectivity index (χ4v) is 3.63. The number of ether oxygens (including phenoxy) is 3. The highest BCUT2D eigenvalue weighted by molar-refractivity contribution is 5.84. The molecule has 7 nitrogen and oxygen atoms in total. The lowest BCUT2D eigenvalue weighted by atomic mass is 10.1. The van der Waals surface area contributed by atoms with Crippen LogP contribution in [0.5, 0.6) is 5.75 Å². The molecule has 7 heteroatoms. The molecule has 0 aliphatic rings. The predicted molar refractivity (Wildman–Crippen MR) is 133 cm³/mol. The maximum atomic E-state index is 5.55. The minimum absolute atomic E-state index is 0.464. The molecule has 0 saturated carbocycles. The summed E-state index contributed by atoms with van der Waals surface area (Å²) in [5.41, 5.74) is 6.35. The summed E-state index contributed by atoms with van der Waals surface area (Å²) in [7, 11) is 3.35. The van der Waals surface area contributed by atoms with Gasteiger partial charge in [-0.05, 0) is 60.5 Å². The van der Waals surface area contributed by atoms with Gasteiger partial charge >= 0.3 is 0 Å². The van der Waals surface area contributed by atoms with Gasteiger partial charge in [0, 0.05) is 60.1 Å². The molecule has 2 aromatic carbocycles. The summed E-state index contributed by atoms with van der Waals surface area (Å²) >= 11 is 0. The van der Waals surface area contributed by atoms with E-state index in [4.69, 9.17) is 14.2 Å². The number of nitrogens with one attached hydrogen (secondary N) is 3. The number of rotatable bonds is 12. The summed E-state index contributed by atoms with van der Waals surface area (Å²) in [6, 6.07) is 18.4. The Bertz CT molecular complexity index is 1160. The number of hydrogen-bond donors (Lipinski definition) is 3. The SMILES string of the molecule is COCCOCc1cc(Nc2ccc(NCCc3c[nH]c4cc(OC)ccc34)cc2)ccn1. The molecule has 0 aliphatic carbocycles.